The van der Waals surface area contributed by atoms with Gasteiger partial charge in [0.1, 0.15) is 0 Å². The fraction of sp³-hybridized carbons (Fsp3) is 0. The number of para-hydroxylation sites is 3. The van der Waals surface area contributed by atoms with E-state index in [1.165, 1.54) is 60.0 Å². The maximum Gasteiger partial charge on any atom is 0.235 e. The molecule has 0 N–H and O–H groups in total. The van der Waals surface area contributed by atoms with Gasteiger partial charge in [-0.15, -0.1) is 0 Å². The first-order valence-corrected chi connectivity index (χ1v) is 16.4. The van der Waals surface area contributed by atoms with E-state index in [4.69, 9.17) is 9.97 Å². The van der Waals surface area contributed by atoms with Crippen LogP contribution in [-0.4, -0.2) is 18.9 Å². The lowest BCUT2D eigenvalue weighted by molar-refractivity contribution is 1.02. The molecule has 0 aliphatic carbocycles. The van der Waals surface area contributed by atoms with Crippen LogP contribution in [0, 0.1) is 0 Å². The van der Waals surface area contributed by atoms with Crippen LogP contribution < -0.4 is 0 Å². The third kappa shape index (κ3) is 3.38. The van der Waals surface area contributed by atoms with E-state index in [2.05, 4.69) is 167 Å². The zero-order valence-electron chi connectivity index (χ0n) is 25.8. The molecule has 0 unspecified atom stereocenters. The number of hydrogen-bond acceptors (Lipinski definition) is 2. The number of fused-ring (bicyclic) bond motifs is 11. The highest BCUT2D eigenvalue weighted by Crippen LogP contribution is 2.46. The predicted molar refractivity (Wildman–Crippen MR) is 199 cm³/mol. The summed E-state index contributed by atoms with van der Waals surface area (Å²) in [4.78, 5) is 10.7. The summed E-state index contributed by atoms with van der Waals surface area (Å²) in [6, 6.07) is 56.3. The topological polar surface area (TPSA) is 35.1 Å². The fourth-order valence-corrected chi connectivity index (χ4v) is 8.01. The first-order chi connectivity index (χ1) is 23.8. The van der Waals surface area contributed by atoms with E-state index in [0.29, 0.717) is 5.95 Å². The summed E-state index contributed by atoms with van der Waals surface area (Å²) >= 11 is 0. The van der Waals surface area contributed by atoms with E-state index in [1.807, 2.05) is 0 Å². The Morgan fingerprint density at radius 2 is 1.00 bits per heavy atom. The SMILES string of the molecule is c1ccc(-c2ccc3c(c2)c2cc4c5ccccc5n5c6ccccc6c(c2n3-c2nc(-c3ccccc3)c3ccccc3n2)c45)cc1. The lowest BCUT2D eigenvalue weighted by Gasteiger charge is -2.12. The van der Waals surface area contributed by atoms with Gasteiger partial charge in [-0.05, 0) is 47.5 Å². The zero-order valence-corrected chi connectivity index (χ0v) is 25.8. The Labute approximate surface area is 275 Å². The molecule has 0 amide bonds. The maximum absolute atomic E-state index is 5.41. The molecule has 48 heavy (non-hydrogen) atoms. The lowest BCUT2D eigenvalue weighted by atomic mass is 10.0. The molecule has 0 atom stereocenters. The molecule has 0 spiro atoms. The monoisotopic (exact) mass is 610 g/mol. The Bertz CT molecular complexity index is 3040. The summed E-state index contributed by atoms with van der Waals surface area (Å²) in [5.41, 5.74) is 11.2. The van der Waals surface area contributed by atoms with E-state index < -0.39 is 0 Å². The van der Waals surface area contributed by atoms with E-state index in [-0.39, 0.29) is 0 Å². The van der Waals surface area contributed by atoms with Gasteiger partial charge in [0.05, 0.1) is 38.8 Å². The number of aromatic nitrogens is 4. The minimum absolute atomic E-state index is 0.669. The normalized spacial score (nSPS) is 12.2. The van der Waals surface area contributed by atoms with Crippen molar-refractivity contribution in [3.05, 3.63) is 158 Å². The van der Waals surface area contributed by atoms with Gasteiger partial charge in [-0.1, -0.05) is 121 Å². The minimum Gasteiger partial charge on any atom is -0.308 e. The first-order valence-electron chi connectivity index (χ1n) is 16.4. The third-order valence-electron chi connectivity index (χ3n) is 10.0. The Morgan fingerprint density at radius 1 is 0.375 bits per heavy atom. The summed E-state index contributed by atoms with van der Waals surface area (Å²) in [7, 11) is 0. The van der Waals surface area contributed by atoms with Gasteiger partial charge in [0, 0.05) is 43.3 Å². The summed E-state index contributed by atoms with van der Waals surface area (Å²) in [6.45, 7) is 0. The van der Waals surface area contributed by atoms with Crippen LogP contribution in [0.15, 0.2) is 158 Å². The van der Waals surface area contributed by atoms with Crippen molar-refractivity contribution in [3.63, 3.8) is 0 Å². The molecular weight excluding hydrogens is 585 g/mol. The average molecular weight is 611 g/mol. The summed E-state index contributed by atoms with van der Waals surface area (Å²) in [6.07, 6.45) is 0. The molecule has 0 fully saturated rings. The molecule has 0 aliphatic rings. The van der Waals surface area contributed by atoms with Crippen molar-refractivity contribution in [2.75, 3.05) is 0 Å². The van der Waals surface area contributed by atoms with Gasteiger partial charge in [0.15, 0.2) is 0 Å². The summed E-state index contributed by atoms with van der Waals surface area (Å²) < 4.78 is 4.76. The average Bonchev–Trinajstić information content (AvgIpc) is 3.79. The van der Waals surface area contributed by atoms with Gasteiger partial charge < -0.3 is 4.40 Å². The van der Waals surface area contributed by atoms with Crippen molar-refractivity contribution in [2.24, 2.45) is 0 Å². The smallest absolute Gasteiger partial charge is 0.235 e. The molecule has 0 aliphatic heterocycles. The van der Waals surface area contributed by atoms with Crippen LogP contribution >= 0.6 is 0 Å². The minimum atomic E-state index is 0.669. The van der Waals surface area contributed by atoms with Crippen molar-refractivity contribution >= 4 is 70.8 Å². The first kappa shape index (κ1) is 25.6. The van der Waals surface area contributed by atoms with Crippen molar-refractivity contribution in [1.29, 1.82) is 0 Å². The number of benzene rings is 7. The van der Waals surface area contributed by atoms with Gasteiger partial charge in [-0.25, -0.2) is 9.97 Å². The van der Waals surface area contributed by atoms with Crippen molar-refractivity contribution < 1.29 is 0 Å². The standard InChI is InChI=1S/C44H26N4/c1-3-13-27(14-4-1)29-23-24-39-33(25-29)35-26-34-30-17-8-11-21-37(30)47-38-22-12-9-19-32(38)40(42(34)47)43(35)48(39)44-45-36-20-10-7-18-31(36)41(46-44)28-15-5-2-6-16-28/h1-26H. The van der Waals surface area contributed by atoms with Crippen LogP contribution in [0.25, 0.3) is 99.1 Å². The van der Waals surface area contributed by atoms with Crippen molar-refractivity contribution in [2.45, 2.75) is 0 Å². The van der Waals surface area contributed by atoms with Crippen LogP contribution in [-0.2, 0) is 0 Å². The molecule has 7 aromatic carbocycles. The molecule has 4 aromatic heterocycles. The molecule has 0 bridgehead atoms. The van der Waals surface area contributed by atoms with E-state index in [9.17, 15) is 0 Å². The Kier molecular flexibility index (Phi) is 5.08. The van der Waals surface area contributed by atoms with Gasteiger partial charge in [0.2, 0.25) is 5.95 Å². The van der Waals surface area contributed by atoms with Crippen LogP contribution in [0.4, 0.5) is 0 Å². The van der Waals surface area contributed by atoms with E-state index >= 15 is 0 Å². The second kappa shape index (κ2) is 9.50. The van der Waals surface area contributed by atoms with E-state index in [1.54, 1.807) is 0 Å². The van der Waals surface area contributed by atoms with Crippen molar-refractivity contribution in [1.82, 2.24) is 18.9 Å². The fourth-order valence-electron chi connectivity index (χ4n) is 8.01. The summed E-state index contributed by atoms with van der Waals surface area (Å²) in [5.74, 6) is 0.669. The molecule has 4 nitrogen and oxygen atoms in total. The molecule has 0 saturated heterocycles. The van der Waals surface area contributed by atoms with Crippen LogP contribution in [0.3, 0.4) is 0 Å². The quantitative estimate of drug-likeness (QED) is 0.199. The van der Waals surface area contributed by atoms with Gasteiger partial charge in [-0.2, -0.15) is 0 Å². The highest BCUT2D eigenvalue weighted by molar-refractivity contribution is 6.34. The number of nitrogens with zero attached hydrogens (tertiary/aromatic N) is 4. The lowest BCUT2D eigenvalue weighted by Crippen LogP contribution is -2.03. The van der Waals surface area contributed by atoms with Crippen LogP contribution in [0.1, 0.15) is 0 Å². The molecule has 0 radical (unpaired) electrons. The summed E-state index contributed by atoms with van der Waals surface area (Å²) in [5, 5.41) is 8.40. The largest absolute Gasteiger partial charge is 0.308 e. The molecule has 0 saturated carbocycles. The van der Waals surface area contributed by atoms with Crippen molar-refractivity contribution in [3.8, 4) is 28.3 Å². The second-order valence-corrected chi connectivity index (χ2v) is 12.6. The molecule has 11 aromatic rings. The predicted octanol–water partition coefficient (Wildman–Crippen LogP) is 11.2. The van der Waals surface area contributed by atoms with Crippen LogP contribution in [0.5, 0.6) is 0 Å². The highest BCUT2D eigenvalue weighted by atomic mass is 15.2. The molecular formula is C44H26N4. The van der Waals surface area contributed by atoms with Gasteiger partial charge in [0.25, 0.3) is 0 Å². The molecule has 4 heterocycles. The molecule has 11 rings (SSSR count). The Balaban J connectivity index is 1.38. The molecule has 4 heteroatoms. The van der Waals surface area contributed by atoms with Gasteiger partial charge >= 0.3 is 0 Å². The maximum atomic E-state index is 5.41. The van der Waals surface area contributed by atoms with Crippen LogP contribution in [0.2, 0.25) is 0 Å². The Morgan fingerprint density at radius 3 is 1.79 bits per heavy atom. The number of hydrogen-bond donors (Lipinski definition) is 0. The Hall–Kier alpha value is -6.52. The van der Waals surface area contributed by atoms with Gasteiger partial charge in [-0.3, -0.25) is 4.57 Å². The number of rotatable bonds is 3. The second-order valence-electron chi connectivity index (χ2n) is 12.6. The zero-order chi connectivity index (χ0) is 31.3. The molecule has 222 valence electrons. The van der Waals surface area contributed by atoms with E-state index in [0.717, 1.165) is 33.2 Å². The third-order valence-corrected chi connectivity index (χ3v) is 10.0. The highest BCUT2D eigenvalue weighted by Gasteiger charge is 2.25.